The standard InChI is InChI=1S/C23H24N4O2S3/c1-2-28-18-9-7-16(8-10-18)22-24-17(14-31-22)15-32-23-26-25-21(20-6-4-12-30-20)27(23)13-19-5-3-11-29-19/h4,6-10,12,14,19H,2-3,5,11,13,15H2,1H3/t19-/m1/s1. The molecule has 0 N–H and O–H groups in total. The van der Waals surface area contributed by atoms with Crippen LogP contribution < -0.4 is 4.74 Å². The lowest BCUT2D eigenvalue weighted by Crippen LogP contribution is -2.16. The molecule has 1 aliphatic rings. The summed E-state index contributed by atoms with van der Waals surface area (Å²) >= 11 is 5.03. The van der Waals surface area contributed by atoms with Gasteiger partial charge in [-0.15, -0.1) is 32.9 Å². The lowest BCUT2D eigenvalue weighted by molar-refractivity contribution is 0.0953. The zero-order valence-corrected chi connectivity index (χ0v) is 20.2. The second-order valence-corrected chi connectivity index (χ2v) is 10.2. The van der Waals surface area contributed by atoms with E-state index in [1.54, 1.807) is 34.4 Å². The summed E-state index contributed by atoms with van der Waals surface area (Å²) in [6, 6.07) is 12.3. The van der Waals surface area contributed by atoms with Gasteiger partial charge in [0.2, 0.25) is 0 Å². The van der Waals surface area contributed by atoms with Gasteiger partial charge in [0.15, 0.2) is 11.0 Å². The third-order valence-electron chi connectivity index (χ3n) is 5.18. The number of nitrogens with zero attached hydrogens (tertiary/aromatic N) is 4. The van der Waals surface area contributed by atoms with E-state index < -0.39 is 0 Å². The molecule has 0 radical (unpaired) electrons. The van der Waals surface area contributed by atoms with E-state index in [0.717, 1.165) is 69.6 Å². The second-order valence-electron chi connectivity index (χ2n) is 7.42. The largest absolute Gasteiger partial charge is 0.494 e. The highest BCUT2D eigenvalue weighted by molar-refractivity contribution is 7.98. The maximum atomic E-state index is 5.89. The molecule has 0 saturated carbocycles. The Labute approximate surface area is 199 Å². The van der Waals surface area contributed by atoms with Gasteiger partial charge in [0.25, 0.3) is 0 Å². The maximum absolute atomic E-state index is 5.89. The fourth-order valence-electron chi connectivity index (χ4n) is 3.64. The van der Waals surface area contributed by atoms with Gasteiger partial charge in [0, 0.05) is 23.3 Å². The number of rotatable bonds is 9. The van der Waals surface area contributed by atoms with Crippen molar-refractivity contribution in [3.8, 4) is 27.0 Å². The zero-order valence-electron chi connectivity index (χ0n) is 17.8. The van der Waals surface area contributed by atoms with Crippen LogP contribution >= 0.6 is 34.4 Å². The summed E-state index contributed by atoms with van der Waals surface area (Å²) in [6.45, 7) is 4.29. The van der Waals surface area contributed by atoms with Crippen LogP contribution in [0, 0.1) is 0 Å². The molecular formula is C23H24N4O2S3. The Balaban J connectivity index is 1.30. The number of thioether (sulfide) groups is 1. The number of benzene rings is 1. The van der Waals surface area contributed by atoms with E-state index in [1.165, 1.54) is 0 Å². The van der Waals surface area contributed by atoms with E-state index in [0.29, 0.717) is 6.61 Å². The first-order chi connectivity index (χ1) is 15.8. The predicted molar refractivity (Wildman–Crippen MR) is 131 cm³/mol. The van der Waals surface area contributed by atoms with Crippen LogP contribution in [0.1, 0.15) is 25.5 Å². The Morgan fingerprint density at radius 3 is 2.84 bits per heavy atom. The van der Waals surface area contributed by atoms with Gasteiger partial charge in [-0.25, -0.2) is 4.98 Å². The van der Waals surface area contributed by atoms with E-state index >= 15 is 0 Å². The second kappa shape index (κ2) is 10.2. The minimum atomic E-state index is 0.231. The molecule has 6 nitrogen and oxygen atoms in total. The molecule has 5 rings (SSSR count). The van der Waals surface area contributed by atoms with Gasteiger partial charge in [-0.1, -0.05) is 17.8 Å². The van der Waals surface area contributed by atoms with Crippen LogP contribution in [0.15, 0.2) is 52.3 Å². The molecule has 0 aliphatic carbocycles. The number of aromatic nitrogens is 4. The van der Waals surface area contributed by atoms with Crippen molar-refractivity contribution < 1.29 is 9.47 Å². The van der Waals surface area contributed by atoms with Gasteiger partial charge in [0.1, 0.15) is 10.8 Å². The number of hydrogen-bond acceptors (Lipinski definition) is 8. The molecule has 166 valence electrons. The summed E-state index contributed by atoms with van der Waals surface area (Å²) in [5, 5.41) is 15.1. The molecule has 1 fully saturated rings. The van der Waals surface area contributed by atoms with E-state index in [1.807, 2.05) is 19.1 Å². The van der Waals surface area contributed by atoms with Crippen LogP contribution in [0.2, 0.25) is 0 Å². The highest BCUT2D eigenvalue weighted by atomic mass is 32.2. The predicted octanol–water partition coefficient (Wildman–Crippen LogP) is 6.00. The molecule has 32 heavy (non-hydrogen) atoms. The lowest BCUT2D eigenvalue weighted by atomic mass is 10.2. The summed E-state index contributed by atoms with van der Waals surface area (Å²) in [5.74, 6) is 2.56. The number of ether oxygens (including phenoxy) is 2. The van der Waals surface area contributed by atoms with Gasteiger partial charge in [-0.3, -0.25) is 4.57 Å². The molecule has 0 amide bonds. The Bertz CT molecular complexity index is 1130. The smallest absolute Gasteiger partial charge is 0.191 e. The van der Waals surface area contributed by atoms with Crippen molar-refractivity contribution in [1.82, 2.24) is 19.7 Å². The molecule has 4 heterocycles. The highest BCUT2D eigenvalue weighted by Gasteiger charge is 2.22. The summed E-state index contributed by atoms with van der Waals surface area (Å²) in [5.41, 5.74) is 2.16. The van der Waals surface area contributed by atoms with Gasteiger partial charge >= 0.3 is 0 Å². The molecular weight excluding hydrogens is 460 g/mol. The Kier molecular flexibility index (Phi) is 6.87. The van der Waals surface area contributed by atoms with Crippen LogP contribution in [0.5, 0.6) is 5.75 Å². The minimum Gasteiger partial charge on any atom is -0.494 e. The molecule has 0 bridgehead atoms. The molecule has 4 aromatic rings. The van der Waals surface area contributed by atoms with E-state index in [9.17, 15) is 0 Å². The lowest BCUT2D eigenvalue weighted by Gasteiger charge is -2.14. The van der Waals surface area contributed by atoms with Crippen LogP contribution in [-0.2, 0) is 17.0 Å². The van der Waals surface area contributed by atoms with Crippen molar-refractivity contribution in [1.29, 1.82) is 0 Å². The number of thiazole rings is 1. The highest BCUT2D eigenvalue weighted by Crippen LogP contribution is 2.32. The average Bonchev–Trinajstić information content (AvgIpc) is 3.61. The van der Waals surface area contributed by atoms with Crippen LogP contribution in [0.3, 0.4) is 0 Å². The van der Waals surface area contributed by atoms with Crippen molar-refractivity contribution in [2.24, 2.45) is 0 Å². The third kappa shape index (κ3) is 4.91. The molecule has 3 aromatic heterocycles. The number of hydrogen-bond donors (Lipinski definition) is 0. The molecule has 0 unspecified atom stereocenters. The van der Waals surface area contributed by atoms with Gasteiger partial charge in [-0.05, 0) is 55.5 Å². The summed E-state index contributed by atoms with van der Waals surface area (Å²) in [6.07, 6.45) is 2.44. The SMILES string of the molecule is CCOc1ccc(-c2nc(CSc3nnc(-c4cccs4)n3C[C@H]3CCCO3)cs2)cc1. The molecule has 0 spiro atoms. The van der Waals surface area contributed by atoms with Crippen molar-refractivity contribution in [3.63, 3.8) is 0 Å². The fraction of sp³-hybridized carbons (Fsp3) is 0.348. The van der Waals surface area contributed by atoms with Crippen molar-refractivity contribution in [2.45, 2.75) is 43.3 Å². The first-order valence-electron chi connectivity index (χ1n) is 10.7. The first-order valence-corrected chi connectivity index (χ1v) is 13.4. The average molecular weight is 485 g/mol. The minimum absolute atomic E-state index is 0.231. The molecule has 9 heteroatoms. The zero-order chi connectivity index (χ0) is 21.8. The normalized spacial score (nSPS) is 16.0. The van der Waals surface area contributed by atoms with Crippen LogP contribution in [0.25, 0.3) is 21.3 Å². The molecule has 1 atom stereocenters. The number of thiophene rings is 1. The fourth-order valence-corrected chi connectivity index (χ4v) is 6.13. The Hall–Kier alpha value is -2.20. The van der Waals surface area contributed by atoms with Crippen LogP contribution in [-0.4, -0.2) is 39.1 Å². The maximum Gasteiger partial charge on any atom is 0.191 e. The van der Waals surface area contributed by atoms with E-state index in [4.69, 9.17) is 14.5 Å². The monoisotopic (exact) mass is 484 g/mol. The summed E-state index contributed by atoms with van der Waals surface area (Å²) in [4.78, 5) is 5.97. The van der Waals surface area contributed by atoms with Crippen molar-refractivity contribution in [3.05, 3.63) is 52.9 Å². The summed E-state index contributed by atoms with van der Waals surface area (Å²) in [7, 11) is 0. The van der Waals surface area contributed by atoms with Gasteiger partial charge < -0.3 is 9.47 Å². The molecule has 1 aromatic carbocycles. The topological polar surface area (TPSA) is 62.1 Å². The Morgan fingerprint density at radius 1 is 1.19 bits per heavy atom. The van der Waals surface area contributed by atoms with Crippen molar-refractivity contribution in [2.75, 3.05) is 13.2 Å². The summed E-state index contributed by atoms with van der Waals surface area (Å²) < 4.78 is 13.6. The van der Waals surface area contributed by atoms with Gasteiger partial charge in [0.05, 0.1) is 29.8 Å². The third-order valence-corrected chi connectivity index (χ3v) is 7.99. The quantitative estimate of drug-likeness (QED) is 0.272. The van der Waals surface area contributed by atoms with E-state index in [-0.39, 0.29) is 6.10 Å². The van der Waals surface area contributed by atoms with E-state index in [2.05, 4.69) is 49.8 Å². The van der Waals surface area contributed by atoms with Crippen LogP contribution in [0.4, 0.5) is 0 Å². The van der Waals surface area contributed by atoms with Crippen molar-refractivity contribution >= 4 is 34.4 Å². The first kappa shape index (κ1) is 21.6. The van der Waals surface area contributed by atoms with Gasteiger partial charge in [-0.2, -0.15) is 0 Å². The molecule has 1 saturated heterocycles. The Morgan fingerprint density at radius 2 is 2.09 bits per heavy atom. The molecule has 1 aliphatic heterocycles.